The summed E-state index contributed by atoms with van der Waals surface area (Å²) >= 11 is 0. The Morgan fingerprint density at radius 3 is 2.80 bits per heavy atom. The fraction of sp³-hybridized carbons (Fsp3) is 0.333. The van der Waals surface area contributed by atoms with Gasteiger partial charge in [-0.05, 0) is 43.5 Å². The van der Waals surface area contributed by atoms with Crippen LogP contribution in [0.15, 0.2) is 30.3 Å². The molecule has 0 heterocycles. The van der Waals surface area contributed by atoms with E-state index >= 15 is 0 Å². The standard InChI is InChI=1S/C15H19N3O2/c1-10(15(20)18-13-6-7-13)17-14(19)8-5-11-3-2-4-12(16)9-11/h2-5,8-10,13H,6-7,16H2,1H3,(H,17,19)(H,18,20)/b8-5+. The van der Waals surface area contributed by atoms with Crippen LogP contribution in [0.25, 0.3) is 6.08 Å². The molecule has 2 rings (SSSR count). The minimum absolute atomic E-state index is 0.141. The summed E-state index contributed by atoms with van der Waals surface area (Å²) in [5, 5.41) is 5.47. The van der Waals surface area contributed by atoms with Gasteiger partial charge in [0, 0.05) is 17.8 Å². The van der Waals surface area contributed by atoms with Crippen LogP contribution < -0.4 is 16.4 Å². The summed E-state index contributed by atoms with van der Waals surface area (Å²) in [6.45, 7) is 1.67. The lowest BCUT2D eigenvalue weighted by Crippen LogP contribution is -2.44. The molecule has 1 fully saturated rings. The number of anilines is 1. The van der Waals surface area contributed by atoms with Gasteiger partial charge < -0.3 is 16.4 Å². The molecule has 1 aromatic carbocycles. The van der Waals surface area contributed by atoms with E-state index in [4.69, 9.17) is 5.73 Å². The lowest BCUT2D eigenvalue weighted by atomic mass is 10.2. The Bertz CT molecular complexity index is 536. The van der Waals surface area contributed by atoms with Crippen LogP contribution in [0.1, 0.15) is 25.3 Å². The van der Waals surface area contributed by atoms with E-state index in [0.29, 0.717) is 11.7 Å². The van der Waals surface area contributed by atoms with Crippen molar-refractivity contribution in [2.75, 3.05) is 5.73 Å². The third-order valence-electron chi connectivity index (χ3n) is 3.01. The molecule has 1 atom stereocenters. The Hall–Kier alpha value is -2.30. The second-order valence-electron chi connectivity index (χ2n) is 5.02. The summed E-state index contributed by atoms with van der Waals surface area (Å²) in [5.74, 6) is -0.441. The largest absolute Gasteiger partial charge is 0.399 e. The number of nitrogens with one attached hydrogen (secondary N) is 2. The van der Waals surface area contributed by atoms with Crippen LogP contribution in [-0.4, -0.2) is 23.9 Å². The predicted octanol–water partition coefficient (Wildman–Crippen LogP) is 1.07. The van der Waals surface area contributed by atoms with Crippen LogP contribution in [0.4, 0.5) is 5.69 Å². The highest BCUT2D eigenvalue weighted by atomic mass is 16.2. The van der Waals surface area contributed by atoms with E-state index < -0.39 is 6.04 Å². The minimum atomic E-state index is -0.534. The highest BCUT2D eigenvalue weighted by Gasteiger charge is 2.25. The molecule has 20 heavy (non-hydrogen) atoms. The van der Waals surface area contributed by atoms with Crippen LogP contribution >= 0.6 is 0 Å². The van der Waals surface area contributed by atoms with Gasteiger partial charge in [-0.2, -0.15) is 0 Å². The molecule has 1 unspecified atom stereocenters. The number of benzene rings is 1. The van der Waals surface area contributed by atoms with Crippen molar-refractivity contribution in [2.45, 2.75) is 31.8 Å². The van der Waals surface area contributed by atoms with Gasteiger partial charge in [0.05, 0.1) is 0 Å². The molecule has 0 bridgehead atoms. The monoisotopic (exact) mass is 273 g/mol. The summed E-state index contributed by atoms with van der Waals surface area (Å²) < 4.78 is 0. The molecule has 1 saturated carbocycles. The van der Waals surface area contributed by atoms with Gasteiger partial charge in [0.2, 0.25) is 11.8 Å². The smallest absolute Gasteiger partial charge is 0.244 e. The van der Waals surface area contributed by atoms with Gasteiger partial charge in [-0.15, -0.1) is 0 Å². The molecular formula is C15H19N3O2. The first kappa shape index (κ1) is 14.1. The van der Waals surface area contributed by atoms with Crippen molar-refractivity contribution < 1.29 is 9.59 Å². The highest BCUT2D eigenvalue weighted by Crippen LogP contribution is 2.18. The molecule has 5 nitrogen and oxygen atoms in total. The van der Waals surface area contributed by atoms with E-state index in [0.717, 1.165) is 18.4 Å². The third-order valence-corrected chi connectivity index (χ3v) is 3.01. The summed E-state index contributed by atoms with van der Waals surface area (Å²) in [7, 11) is 0. The molecular weight excluding hydrogens is 254 g/mol. The van der Waals surface area contributed by atoms with E-state index in [1.165, 1.54) is 6.08 Å². The molecule has 0 radical (unpaired) electrons. The minimum Gasteiger partial charge on any atom is -0.399 e. The Labute approximate surface area is 118 Å². The SMILES string of the molecule is CC(NC(=O)/C=C/c1cccc(N)c1)C(=O)NC1CC1. The van der Waals surface area contributed by atoms with E-state index in [1.54, 1.807) is 25.1 Å². The molecule has 0 aromatic heterocycles. The van der Waals surface area contributed by atoms with Gasteiger partial charge in [-0.3, -0.25) is 9.59 Å². The summed E-state index contributed by atoms with van der Waals surface area (Å²) in [4.78, 5) is 23.4. The molecule has 0 aliphatic heterocycles. The number of nitrogens with two attached hydrogens (primary N) is 1. The average Bonchev–Trinajstić information content (AvgIpc) is 3.20. The van der Waals surface area contributed by atoms with Crippen molar-refractivity contribution in [3.63, 3.8) is 0 Å². The predicted molar refractivity (Wildman–Crippen MR) is 78.7 cm³/mol. The second kappa shape index (κ2) is 6.23. The number of rotatable bonds is 5. The summed E-state index contributed by atoms with van der Waals surface area (Å²) in [6, 6.07) is 6.98. The first-order chi connectivity index (χ1) is 9.54. The molecule has 0 spiro atoms. The van der Waals surface area contributed by atoms with E-state index in [9.17, 15) is 9.59 Å². The van der Waals surface area contributed by atoms with Crippen molar-refractivity contribution >= 4 is 23.6 Å². The van der Waals surface area contributed by atoms with Gasteiger partial charge in [-0.25, -0.2) is 0 Å². The van der Waals surface area contributed by atoms with E-state index in [1.807, 2.05) is 12.1 Å². The maximum atomic E-state index is 11.7. The molecule has 0 saturated heterocycles. The number of hydrogen-bond acceptors (Lipinski definition) is 3. The molecule has 2 amide bonds. The zero-order valence-electron chi connectivity index (χ0n) is 11.4. The molecule has 106 valence electrons. The maximum Gasteiger partial charge on any atom is 0.244 e. The van der Waals surface area contributed by atoms with Gasteiger partial charge in [0.25, 0.3) is 0 Å². The van der Waals surface area contributed by atoms with Crippen LogP contribution in [0.2, 0.25) is 0 Å². The number of nitrogen functional groups attached to an aromatic ring is 1. The van der Waals surface area contributed by atoms with Gasteiger partial charge >= 0.3 is 0 Å². The zero-order valence-corrected chi connectivity index (χ0v) is 11.4. The van der Waals surface area contributed by atoms with Crippen molar-refractivity contribution in [1.29, 1.82) is 0 Å². The molecule has 5 heteroatoms. The first-order valence-electron chi connectivity index (χ1n) is 6.69. The van der Waals surface area contributed by atoms with Crippen LogP contribution in [0, 0.1) is 0 Å². The quantitative estimate of drug-likeness (QED) is 0.554. The Kier molecular flexibility index (Phi) is 4.40. The van der Waals surface area contributed by atoms with E-state index in [2.05, 4.69) is 10.6 Å². The maximum absolute atomic E-state index is 11.7. The van der Waals surface area contributed by atoms with Crippen molar-refractivity contribution in [3.8, 4) is 0 Å². The number of carbonyl (C=O) groups is 2. The lowest BCUT2D eigenvalue weighted by molar-refractivity contribution is -0.126. The molecule has 1 aromatic rings. The molecule has 4 N–H and O–H groups in total. The normalized spacial score (nSPS) is 15.8. The summed E-state index contributed by atoms with van der Waals surface area (Å²) in [6.07, 6.45) is 5.12. The van der Waals surface area contributed by atoms with Crippen molar-refractivity contribution in [2.24, 2.45) is 0 Å². The topological polar surface area (TPSA) is 84.2 Å². The van der Waals surface area contributed by atoms with Gasteiger partial charge in [0.1, 0.15) is 6.04 Å². The van der Waals surface area contributed by atoms with Crippen LogP contribution in [0.3, 0.4) is 0 Å². The second-order valence-corrected chi connectivity index (χ2v) is 5.02. The molecule has 1 aliphatic carbocycles. The Balaban J connectivity index is 1.83. The first-order valence-corrected chi connectivity index (χ1v) is 6.69. The zero-order chi connectivity index (χ0) is 14.5. The third kappa shape index (κ3) is 4.42. The van der Waals surface area contributed by atoms with Crippen molar-refractivity contribution in [1.82, 2.24) is 10.6 Å². The van der Waals surface area contributed by atoms with E-state index in [-0.39, 0.29) is 11.8 Å². The number of amides is 2. The van der Waals surface area contributed by atoms with Gasteiger partial charge in [0.15, 0.2) is 0 Å². The van der Waals surface area contributed by atoms with Crippen LogP contribution in [-0.2, 0) is 9.59 Å². The van der Waals surface area contributed by atoms with Crippen LogP contribution in [0.5, 0.6) is 0 Å². The highest BCUT2D eigenvalue weighted by molar-refractivity contribution is 5.95. The fourth-order valence-corrected chi connectivity index (χ4v) is 1.72. The number of hydrogen-bond donors (Lipinski definition) is 3. The van der Waals surface area contributed by atoms with Gasteiger partial charge in [-0.1, -0.05) is 12.1 Å². The number of carbonyl (C=O) groups excluding carboxylic acids is 2. The Morgan fingerprint density at radius 2 is 2.15 bits per heavy atom. The Morgan fingerprint density at radius 1 is 1.40 bits per heavy atom. The lowest BCUT2D eigenvalue weighted by Gasteiger charge is -2.12. The summed E-state index contributed by atoms with van der Waals surface area (Å²) in [5.41, 5.74) is 7.14. The fourth-order valence-electron chi connectivity index (χ4n) is 1.72. The van der Waals surface area contributed by atoms with Crippen molar-refractivity contribution in [3.05, 3.63) is 35.9 Å². The average molecular weight is 273 g/mol. The molecule has 1 aliphatic rings.